The number of aromatic nitrogens is 2. The van der Waals surface area contributed by atoms with Crippen molar-refractivity contribution in [3.05, 3.63) is 11.4 Å². The lowest BCUT2D eigenvalue weighted by Gasteiger charge is -2.29. The lowest BCUT2D eigenvalue weighted by molar-refractivity contribution is 0.271. The van der Waals surface area contributed by atoms with Crippen molar-refractivity contribution in [2.75, 3.05) is 24.2 Å². The predicted octanol–water partition coefficient (Wildman–Crippen LogP) is 2.48. The van der Waals surface area contributed by atoms with E-state index in [0.29, 0.717) is 5.82 Å². The van der Waals surface area contributed by atoms with Gasteiger partial charge in [-0.25, -0.2) is 15.0 Å². The summed E-state index contributed by atoms with van der Waals surface area (Å²) >= 11 is 0. The summed E-state index contributed by atoms with van der Waals surface area (Å²) in [6.45, 7) is 10.4. The summed E-state index contributed by atoms with van der Waals surface area (Å²) in [5, 5.41) is 2.23. The molecule has 0 atom stereocenters. The molecule has 5 heteroatoms. The molecule has 1 fully saturated rings. The fraction of sp³-hybridized carbons (Fsp3) is 0.714. The molecule has 5 nitrogen and oxygen atoms in total. The highest BCUT2D eigenvalue weighted by Crippen LogP contribution is 2.25. The molecule has 106 valence electrons. The maximum atomic E-state index is 6.01. The highest BCUT2D eigenvalue weighted by Gasteiger charge is 2.21. The fourth-order valence-electron chi connectivity index (χ4n) is 2.13. The van der Waals surface area contributed by atoms with E-state index in [0.717, 1.165) is 30.3 Å². The zero-order chi connectivity index (χ0) is 14.0. The van der Waals surface area contributed by atoms with Crippen LogP contribution in [0.25, 0.3) is 0 Å². The van der Waals surface area contributed by atoms with Crippen LogP contribution >= 0.6 is 0 Å². The zero-order valence-electron chi connectivity index (χ0n) is 12.5. The first kappa shape index (κ1) is 14.1. The fourth-order valence-corrected chi connectivity index (χ4v) is 2.13. The van der Waals surface area contributed by atoms with Crippen molar-refractivity contribution in [3.8, 4) is 0 Å². The maximum Gasteiger partial charge on any atom is 0.149 e. The number of rotatable bonds is 2. The third-order valence-corrected chi connectivity index (χ3v) is 3.47. The van der Waals surface area contributed by atoms with Crippen LogP contribution in [0.4, 0.5) is 11.6 Å². The molecule has 1 aliphatic heterocycles. The second-order valence-corrected chi connectivity index (χ2v) is 6.32. The Morgan fingerprint density at radius 2 is 1.74 bits per heavy atom. The molecule has 0 unspecified atom stereocenters. The van der Waals surface area contributed by atoms with Gasteiger partial charge in [0.15, 0.2) is 0 Å². The van der Waals surface area contributed by atoms with Gasteiger partial charge in [-0.2, -0.15) is 0 Å². The van der Waals surface area contributed by atoms with Gasteiger partial charge in [-0.1, -0.05) is 27.2 Å². The van der Waals surface area contributed by atoms with Gasteiger partial charge in [0.05, 0.1) is 0 Å². The Balaban J connectivity index is 2.25. The van der Waals surface area contributed by atoms with Gasteiger partial charge in [-0.15, -0.1) is 0 Å². The molecule has 0 spiro atoms. The first-order valence-corrected chi connectivity index (χ1v) is 7.04. The monoisotopic (exact) mass is 263 g/mol. The molecular weight excluding hydrogens is 238 g/mol. The average Bonchev–Trinajstić information content (AvgIpc) is 2.34. The van der Waals surface area contributed by atoms with E-state index in [9.17, 15) is 0 Å². The molecule has 19 heavy (non-hydrogen) atoms. The van der Waals surface area contributed by atoms with E-state index in [1.807, 2.05) is 6.92 Å². The van der Waals surface area contributed by atoms with Gasteiger partial charge >= 0.3 is 0 Å². The largest absolute Gasteiger partial charge is 0.383 e. The lowest BCUT2D eigenvalue weighted by atomic mass is 9.95. The van der Waals surface area contributed by atoms with Crippen molar-refractivity contribution in [3.63, 3.8) is 0 Å². The van der Waals surface area contributed by atoms with Crippen LogP contribution in [-0.4, -0.2) is 28.1 Å². The third-order valence-electron chi connectivity index (χ3n) is 3.47. The van der Waals surface area contributed by atoms with E-state index in [1.54, 1.807) is 0 Å². The minimum atomic E-state index is -0.0971. The van der Waals surface area contributed by atoms with Gasteiger partial charge in [0.1, 0.15) is 17.5 Å². The van der Waals surface area contributed by atoms with E-state index in [-0.39, 0.29) is 5.41 Å². The number of piperidine rings is 1. The first-order valence-electron chi connectivity index (χ1n) is 7.04. The third kappa shape index (κ3) is 3.35. The summed E-state index contributed by atoms with van der Waals surface area (Å²) in [6.07, 6.45) is 3.79. The topological polar surface area (TPSA) is 67.1 Å². The molecule has 2 heterocycles. The van der Waals surface area contributed by atoms with Crippen molar-refractivity contribution in [2.45, 2.75) is 52.4 Å². The van der Waals surface area contributed by atoms with Crippen LogP contribution in [0, 0.1) is 6.92 Å². The van der Waals surface area contributed by atoms with Crippen molar-refractivity contribution in [1.29, 1.82) is 0 Å². The average molecular weight is 263 g/mol. The normalized spacial score (nSPS) is 17.5. The number of nitrogen functional groups attached to an aromatic ring is 1. The molecule has 0 aromatic carbocycles. The van der Waals surface area contributed by atoms with Gasteiger partial charge in [0.25, 0.3) is 0 Å². The summed E-state index contributed by atoms with van der Waals surface area (Å²) in [6, 6.07) is 0. The van der Waals surface area contributed by atoms with Crippen LogP contribution in [0.1, 0.15) is 51.4 Å². The Labute approximate surface area is 115 Å². The minimum absolute atomic E-state index is 0.0971. The van der Waals surface area contributed by atoms with Crippen LogP contribution in [-0.2, 0) is 5.41 Å². The number of hydrogen-bond acceptors (Lipinski definition) is 5. The summed E-state index contributed by atoms with van der Waals surface area (Å²) in [5.41, 5.74) is 10.3. The summed E-state index contributed by atoms with van der Waals surface area (Å²) < 4.78 is 0. The van der Waals surface area contributed by atoms with Crippen molar-refractivity contribution < 1.29 is 0 Å². The van der Waals surface area contributed by atoms with E-state index >= 15 is 0 Å². The second-order valence-electron chi connectivity index (χ2n) is 6.32. The highest BCUT2D eigenvalue weighted by molar-refractivity contribution is 5.54. The molecule has 0 saturated carbocycles. The van der Waals surface area contributed by atoms with E-state index in [1.165, 1.54) is 19.3 Å². The molecule has 0 amide bonds. The first-order chi connectivity index (χ1) is 8.88. The molecule has 0 aliphatic carbocycles. The maximum absolute atomic E-state index is 6.01. The van der Waals surface area contributed by atoms with Crippen LogP contribution in [0.3, 0.4) is 0 Å². The highest BCUT2D eigenvalue weighted by atomic mass is 15.5. The Kier molecular flexibility index (Phi) is 3.94. The SMILES string of the molecule is Cc1c(N)nc(C(C)(C)C)nc1NN1CCCCC1. The molecule has 3 N–H and O–H groups in total. The number of nitrogens with zero attached hydrogens (tertiary/aromatic N) is 3. The molecule has 1 saturated heterocycles. The molecule has 0 radical (unpaired) electrons. The number of hydrazine groups is 1. The Morgan fingerprint density at radius 3 is 2.32 bits per heavy atom. The van der Waals surface area contributed by atoms with Crippen LogP contribution < -0.4 is 11.2 Å². The second kappa shape index (κ2) is 5.33. The Bertz CT molecular complexity index is 444. The van der Waals surface area contributed by atoms with E-state index in [2.05, 4.69) is 41.2 Å². The van der Waals surface area contributed by atoms with Gasteiger partial charge in [-0.3, -0.25) is 0 Å². The summed E-state index contributed by atoms with van der Waals surface area (Å²) in [5.74, 6) is 2.20. The van der Waals surface area contributed by atoms with Crippen molar-refractivity contribution in [1.82, 2.24) is 15.0 Å². The lowest BCUT2D eigenvalue weighted by Crippen LogP contribution is -2.36. The number of nitrogens with two attached hydrogens (primary N) is 1. The van der Waals surface area contributed by atoms with E-state index < -0.39 is 0 Å². The smallest absolute Gasteiger partial charge is 0.149 e. The summed E-state index contributed by atoms with van der Waals surface area (Å²) in [7, 11) is 0. The Hall–Kier alpha value is -1.36. The number of anilines is 2. The van der Waals surface area contributed by atoms with Crippen LogP contribution in [0.5, 0.6) is 0 Å². The molecule has 2 rings (SSSR count). The molecule has 1 aromatic heterocycles. The van der Waals surface area contributed by atoms with Crippen molar-refractivity contribution >= 4 is 11.6 Å². The quantitative estimate of drug-likeness (QED) is 0.858. The molecule has 1 aromatic rings. The van der Waals surface area contributed by atoms with Crippen LogP contribution in [0.2, 0.25) is 0 Å². The minimum Gasteiger partial charge on any atom is -0.383 e. The standard InChI is InChI=1S/C14H25N5/c1-10-11(15)16-13(14(2,3)4)17-12(10)18-19-8-6-5-7-9-19/h5-9H2,1-4H3,(H3,15,16,17,18). The molecule has 1 aliphatic rings. The van der Waals surface area contributed by atoms with Gasteiger partial charge in [0, 0.05) is 24.1 Å². The number of nitrogens with one attached hydrogen (secondary N) is 1. The predicted molar refractivity (Wildman–Crippen MR) is 78.9 cm³/mol. The summed E-state index contributed by atoms with van der Waals surface area (Å²) in [4.78, 5) is 9.06. The van der Waals surface area contributed by atoms with Crippen molar-refractivity contribution in [2.24, 2.45) is 0 Å². The number of hydrogen-bond donors (Lipinski definition) is 2. The van der Waals surface area contributed by atoms with Gasteiger partial charge < -0.3 is 11.2 Å². The zero-order valence-corrected chi connectivity index (χ0v) is 12.5. The molecular formula is C14H25N5. The van der Waals surface area contributed by atoms with Gasteiger partial charge in [-0.05, 0) is 19.8 Å². The van der Waals surface area contributed by atoms with Gasteiger partial charge in [0.2, 0.25) is 0 Å². The Morgan fingerprint density at radius 1 is 1.11 bits per heavy atom. The molecule has 0 bridgehead atoms. The van der Waals surface area contributed by atoms with E-state index in [4.69, 9.17) is 5.73 Å². The van der Waals surface area contributed by atoms with Crippen LogP contribution in [0.15, 0.2) is 0 Å².